The molecule has 0 bridgehead atoms. The van der Waals surface area contributed by atoms with E-state index in [4.69, 9.17) is 0 Å². The molecular formula is C6H12ClNO. The highest BCUT2D eigenvalue weighted by atomic mass is 35.5. The van der Waals surface area contributed by atoms with Crippen molar-refractivity contribution in [3.63, 3.8) is 0 Å². The Kier molecular flexibility index (Phi) is 7.08. The van der Waals surface area contributed by atoms with Crippen LogP contribution < -0.4 is 5.32 Å². The van der Waals surface area contributed by atoms with E-state index >= 15 is 0 Å². The van der Waals surface area contributed by atoms with Crippen LogP contribution in [0, 0.1) is 0 Å². The van der Waals surface area contributed by atoms with Crippen LogP contribution in [-0.4, -0.2) is 11.9 Å². The van der Waals surface area contributed by atoms with Crippen molar-refractivity contribution in [2.45, 2.75) is 19.9 Å². The highest BCUT2D eigenvalue weighted by Crippen LogP contribution is 1.75. The minimum Gasteiger partial charge on any atom is -0.350 e. The van der Waals surface area contributed by atoms with Crippen LogP contribution in [0.25, 0.3) is 0 Å². The Morgan fingerprint density at radius 1 is 1.67 bits per heavy atom. The van der Waals surface area contributed by atoms with Crippen LogP contribution in [0.3, 0.4) is 0 Å². The van der Waals surface area contributed by atoms with Gasteiger partial charge in [-0.1, -0.05) is 6.58 Å². The zero-order valence-electron chi connectivity index (χ0n) is 5.68. The number of carbonyl (C=O) groups is 1. The summed E-state index contributed by atoms with van der Waals surface area (Å²) in [5.74, 6) is -0.111. The maximum Gasteiger partial charge on any atom is 0.243 e. The number of carbonyl (C=O) groups excluding carboxylic acids is 1. The van der Waals surface area contributed by atoms with Crippen LogP contribution in [0.4, 0.5) is 0 Å². The molecule has 1 amide bonds. The van der Waals surface area contributed by atoms with Crippen molar-refractivity contribution in [1.29, 1.82) is 0 Å². The average molecular weight is 150 g/mol. The van der Waals surface area contributed by atoms with Crippen LogP contribution in [0.5, 0.6) is 0 Å². The fourth-order valence-corrected chi connectivity index (χ4v) is 0.343. The molecule has 1 N–H and O–H groups in total. The van der Waals surface area contributed by atoms with E-state index in [-0.39, 0.29) is 24.4 Å². The lowest BCUT2D eigenvalue weighted by Gasteiger charge is -2.02. The first kappa shape index (κ1) is 11.3. The second-order valence-electron chi connectivity index (χ2n) is 1.87. The maximum absolute atomic E-state index is 10.4. The topological polar surface area (TPSA) is 29.1 Å². The van der Waals surface area contributed by atoms with Gasteiger partial charge in [-0.3, -0.25) is 4.79 Å². The summed E-state index contributed by atoms with van der Waals surface area (Å²) in [5, 5.41) is 2.64. The summed E-state index contributed by atoms with van der Waals surface area (Å²) >= 11 is 0. The van der Waals surface area contributed by atoms with Gasteiger partial charge < -0.3 is 5.32 Å². The maximum atomic E-state index is 10.4. The Morgan fingerprint density at radius 2 is 2.11 bits per heavy atom. The van der Waals surface area contributed by atoms with Crippen LogP contribution in [0.1, 0.15) is 13.8 Å². The van der Waals surface area contributed by atoms with Gasteiger partial charge in [-0.2, -0.15) is 0 Å². The number of hydrogen-bond donors (Lipinski definition) is 1. The highest BCUT2D eigenvalue weighted by molar-refractivity contribution is 5.86. The zero-order chi connectivity index (χ0) is 6.57. The van der Waals surface area contributed by atoms with Gasteiger partial charge in [-0.25, -0.2) is 0 Å². The van der Waals surface area contributed by atoms with E-state index in [0.717, 1.165) is 0 Å². The molecule has 0 aromatic rings. The smallest absolute Gasteiger partial charge is 0.243 e. The lowest BCUT2D eigenvalue weighted by atomic mass is 10.4. The van der Waals surface area contributed by atoms with Crippen LogP contribution >= 0.6 is 12.4 Å². The third kappa shape index (κ3) is 7.50. The first-order valence-electron chi connectivity index (χ1n) is 2.59. The van der Waals surface area contributed by atoms with Crippen molar-refractivity contribution in [2.24, 2.45) is 0 Å². The summed E-state index contributed by atoms with van der Waals surface area (Å²) in [6.45, 7) is 7.11. The Labute approximate surface area is 61.7 Å². The van der Waals surface area contributed by atoms with Crippen LogP contribution in [0.15, 0.2) is 12.7 Å². The second-order valence-corrected chi connectivity index (χ2v) is 1.87. The zero-order valence-corrected chi connectivity index (χ0v) is 6.49. The van der Waals surface area contributed by atoms with Gasteiger partial charge in [0, 0.05) is 6.04 Å². The predicted molar refractivity (Wildman–Crippen MR) is 40.7 cm³/mol. The van der Waals surface area contributed by atoms with Gasteiger partial charge in [0.15, 0.2) is 0 Å². The van der Waals surface area contributed by atoms with Gasteiger partial charge >= 0.3 is 0 Å². The van der Waals surface area contributed by atoms with Crippen molar-refractivity contribution in [3.05, 3.63) is 12.7 Å². The molecule has 0 radical (unpaired) electrons. The quantitative estimate of drug-likeness (QED) is 0.586. The lowest BCUT2D eigenvalue weighted by Crippen LogP contribution is -2.27. The van der Waals surface area contributed by atoms with Gasteiger partial charge in [-0.05, 0) is 19.9 Å². The summed E-state index contributed by atoms with van der Waals surface area (Å²) in [5.41, 5.74) is 0. The van der Waals surface area contributed by atoms with Gasteiger partial charge in [0.05, 0.1) is 0 Å². The molecule has 3 heteroatoms. The van der Waals surface area contributed by atoms with E-state index in [0.29, 0.717) is 0 Å². The highest BCUT2D eigenvalue weighted by Gasteiger charge is 1.93. The molecule has 0 heterocycles. The molecule has 0 atom stereocenters. The lowest BCUT2D eigenvalue weighted by molar-refractivity contribution is -0.116. The molecular weight excluding hydrogens is 138 g/mol. The van der Waals surface area contributed by atoms with E-state index in [1.807, 2.05) is 13.8 Å². The largest absolute Gasteiger partial charge is 0.350 e. The Bertz CT molecular complexity index is 101. The Balaban J connectivity index is 0. The molecule has 0 spiro atoms. The molecule has 0 aromatic carbocycles. The summed E-state index contributed by atoms with van der Waals surface area (Å²) in [6, 6.07) is 0.209. The first-order valence-corrected chi connectivity index (χ1v) is 2.59. The monoisotopic (exact) mass is 149 g/mol. The molecule has 2 nitrogen and oxygen atoms in total. The second kappa shape index (κ2) is 5.63. The van der Waals surface area contributed by atoms with E-state index in [2.05, 4.69) is 11.9 Å². The summed E-state index contributed by atoms with van der Waals surface area (Å²) < 4.78 is 0. The number of rotatable bonds is 2. The van der Waals surface area contributed by atoms with Gasteiger partial charge in [0.1, 0.15) is 0 Å². The standard InChI is InChI=1S/C6H11NO.ClH/c1-4-6(8)7-5(2)3;/h4-5H,1H2,2-3H3,(H,7,8);1H. The molecule has 0 fully saturated rings. The molecule has 54 valence electrons. The molecule has 0 saturated carbocycles. The molecule has 9 heavy (non-hydrogen) atoms. The van der Waals surface area contributed by atoms with E-state index < -0.39 is 0 Å². The first-order chi connectivity index (χ1) is 3.66. The van der Waals surface area contributed by atoms with Gasteiger partial charge in [-0.15, -0.1) is 12.4 Å². The third-order valence-corrected chi connectivity index (χ3v) is 0.616. The molecule has 0 saturated heterocycles. The molecule has 0 aromatic heterocycles. The van der Waals surface area contributed by atoms with Crippen molar-refractivity contribution >= 4 is 18.3 Å². The van der Waals surface area contributed by atoms with Crippen molar-refractivity contribution in [1.82, 2.24) is 5.32 Å². The number of nitrogens with one attached hydrogen (secondary N) is 1. The Morgan fingerprint density at radius 3 is 2.22 bits per heavy atom. The minimum atomic E-state index is -0.111. The summed E-state index contributed by atoms with van der Waals surface area (Å²) in [4.78, 5) is 10.4. The third-order valence-electron chi connectivity index (χ3n) is 0.616. The fourth-order valence-electron chi connectivity index (χ4n) is 0.343. The van der Waals surface area contributed by atoms with Crippen molar-refractivity contribution in [2.75, 3.05) is 0 Å². The summed E-state index contributed by atoms with van der Waals surface area (Å²) in [7, 11) is 0. The average Bonchev–Trinajstić information content (AvgIpc) is 1.65. The molecule has 0 aliphatic carbocycles. The predicted octanol–water partition coefficient (Wildman–Crippen LogP) is 1.12. The van der Waals surface area contributed by atoms with Crippen LogP contribution in [-0.2, 0) is 4.79 Å². The van der Waals surface area contributed by atoms with Crippen LogP contribution in [0.2, 0.25) is 0 Å². The SMILES string of the molecule is C=CC(=O)NC(C)C.Cl. The fraction of sp³-hybridized carbons (Fsp3) is 0.500. The normalized spacial score (nSPS) is 7.89. The molecule has 0 aliphatic heterocycles. The molecule has 0 rings (SSSR count). The van der Waals surface area contributed by atoms with E-state index in [1.165, 1.54) is 6.08 Å². The molecule has 0 aliphatic rings. The molecule has 0 unspecified atom stereocenters. The van der Waals surface area contributed by atoms with E-state index in [9.17, 15) is 4.79 Å². The van der Waals surface area contributed by atoms with Gasteiger partial charge in [0.2, 0.25) is 5.91 Å². The number of amides is 1. The van der Waals surface area contributed by atoms with Gasteiger partial charge in [0.25, 0.3) is 0 Å². The number of halogens is 1. The van der Waals surface area contributed by atoms with E-state index in [1.54, 1.807) is 0 Å². The van der Waals surface area contributed by atoms with Crippen molar-refractivity contribution < 1.29 is 4.79 Å². The minimum absolute atomic E-state index is 0. The Hall–Kier alpha value is -0.500. The number of hydrogen-bond acceptors (Lipinski definition) is 1. The summed E-state index contributed by atoms with van der Waals surface area (Å²) in [6.07, 6.45) is 1.26. The van der Waals surface area contributed by atoms with Crippen molar-refractivity contribution in [3.8, 4) is 0 Å².